The topological polar surface area (TPSA) is 81.1 Å². The molecule has 2 heterocycles. The number of benzene rings is 1. The first-order chi connectivity index (χ1) is 12.9. The second-order valence-electron chi connectivity index (χ2n) is 6.83. The molecule has 2 aromatic rings. The van der Waals surface area contributed by atoms with E-state index in [4.69, 9.17) is 4.74 Å². The van der Waals surface area contributed by atoms with Gasteiger partial charge in [0.1, 0.15) is 5.75 Å². The molecule has 3 rings (SSSR count). The molecule has 1 unspecified atom stereocenters. The molecule has 1 aliphatic rings. The van der Waals surface area contributed by atoms with E-state index in [1.54, 1.807) is 7.11 Å². The minimum Gasteiger partial charge on any atom is -0.495 e. The lowest BCUT2D eigenvalue weighted by Crippen LogP contribution is -2.31. The van der Waals surface area contributed by atoms with Crippen molar-refractivity contribution in [3.05, 3.63) is 35.5 Å². The molecule has 0 radical (unpaired) electrons. The largest absolute Gasteiger partial charge is 0.495 e. The van der Waals surface area contributed by atoms with Gasteiger partial charge in [0.15, 0.2) is 0 Å². The number of para-hydroxylation sites is 2. The Balaban J connectivity index is 1.96. The molecule has 1 aromatic carbocycles. The number of nitrogens with zero attached hydrogens (tertiary/aromatic N) is 3. The van der Waals surface area contributed by atoms with Gasteiger partial charge in [-0.05, 0) is 37.7 Å². The second kappa shape index (κ2) is 8.04. The second-order valence-corrected chi connectivity index (χ2v) is 7.60. The van der Waals surface area contributed by atoms with Crippen LogP contribution in [0.3, 0.4) is 0 Å². The van der Waals surface area contributed by atoms with Crippen molar-refractivity contribution in [3.63, 3.8) is 0 Å². The predicted octanol–water partition coefficient (Wildman–Crippen LogP) is 3.93. The summed E-state index contributed by atoms with van der Waals surface area (Å²) in [4.78, 5) is 17.7. The third-order valence-electron chi connectivity index (χ3n) is 4.42. The lowest BCUT2D eigenvalue weighted by molar-refractivity contribution is -0.113. The van der Waals surface area contributed by atoms with Gasteiger partial charge in [0, 0.05) is 5.70 Å². The number of allylic oxidation sites excluding steroid dienone is 1. The van der Waals surface area contributed by atoms with Crippen LogP contribution in [0.25, 0.3) is 0 Å². The summed E-state index contributed by atoms with van der Waals surface area (Å²) < 4.78 is 7.18. The van der Waals surface area contributed by atoms with Gasteiger partial charge in [-0.1, -0.05) is 37.7 Å². The quantitative estimate of drug-likeness (QED) is 0.731. The highest BCUT2D eigenvalue weighted by molar-refractivity contribution is 7.98. The molecule has 7 nitrogen and oxygen atoms in total. The number of anilines is 2. The zero-order chi connectivity index (χ0) is 19.6. The van der Waals surface area contributed by atoms with Crippen molar-refractivity contribution < 1.29 is 9.53 Å². The fraction of sp³-hybridized carbons (Fsp3) is 0.421. The molecule has 1 aliphatic heterocycles. The van der Waals surface area contributed by atoms with Crippen LogP contribution in [0.4, 0.5) is 11.6 Å². The van der Waals surface area contributed by atoms with Gasteiger partial charge in [-0.3, -0.25) is 4.79 Å². The predicted molar refractivity (Wildman–Crippen MR) is 108 cm³/mol. The maximum absolute atomic E-state index is 13.2. The molecule has 1 amide bonds. The van der Waals surface area contributed by atoms with Gasteiger partial charge in [0.05, 0.1) is 24.4 Å². The van der Waals surface area contributed by atoms with Crippen LogP contribution >= 0.6 is 11.8 Å². The van der Waals surface area contributed by atoms with Crippen molar-refractivity contribution in [1.82, 2.24) is 14.8 Å². The van der Waals surface area contributed by atoms with Gasteiger partial charge in [0.25, 0.3) is 5.91 Å². The van der Waals surface area contributed by atoms with E-state index in [0.717, 1.165) is 12.1 Å². The number of ether oxygens (including phenoxy) is 1. The van der Waals surface area contributed by atoms with E-state index in [1.807, 2.05) is 42.1 Å². The van der Waals surface area contributed by atoms with Crippen LogP contribution in [0.15, 0.2) is 40.7 Å². The van der Waals surface area contributed by atoms with E-state index in [0.29, 0.717) is 34.0 Å². The Bertz CT molecular complexity index is 875. The minimum absolute atomic E-state index is 0.165. The molecule has 0 saturated carbocycles. The third-order valence-corrected chi connectivity index (χ3v) is 4.96. The van der Waals surface area contributed by atoms with Gasteiger partial charge in [-0.25, -0.2) is 4.68 Å². The van der Waals surface area contributed by atoms with E-state index in [9.17, 15) is 4.79 Å². The van der Waals surface area contributed by atoms with Crippen LogP contribution in [-0.2, 0) is 4.79 Å². The molecule has 0 saturated heterocycles. The highest BCUT2D eigenvalue weighted by atomic mass is 32.2. The smallest absolute Gasteiger partial charge is 0.255 e. The van der Waals surface area contributed by atoms with E-state index in [1.165, 1.54) is 11.8 Å². The summed E-state index contributed by atoms with van der Waals surface area (Å²) in [7, 11) is 1.59. The number of hydrogen-bond donors (Lipinski definition) is 2. The Morgan fingerprint density at radius 1 is 1.41 bits per heavy atom. The number of nitrogens with one attached hydrogen (secondary N) is 2. The Morgan fingerprint density at radius 3 is 2.81 bits per heavy atom. The van der Waals surface area contributed by atoms with E-state index < -0.39 is 0 Å². The summed E-state index contributed by atoms with van der Waals surface area (Å²) in [6.45, 7) is 6.18. The number of aromatic nitrogens is 3. The summed E-state index contributed by atoms with van der Waals surface area (Å²) in [6.07, 6.45) is 2.73. The van der Waals surface area contributed by atoms with E-state index >= 15 is 0 Å². The zero-order valence-corrected chi connectivity index (χ0v) is 17.1. The van der Waals surface area contributed by atoms with E-state index in [-0.39, 0.29) is 11.9 Å². The third kappa shape index (κ3) is 3.95. The Labute approximate surface area is 163 Å². The standard InChI is InChI=1S/C19H25N5O2S/c1-11(2)10-14-16(12(3)20-18-22-19(27-5)23-24(14)18)17(25)21-13-8-6-7-9-15(13)26-4/h6-9,11,14H,10H2,1-5H3,(H,21,25)(H,20,22,23). The fourth-order valence-electron chi connectivity index (χ4n) is 3.22. The lowest BCUT2D eigenvalue weighted by Gasteiger charge is -2.29. The van der Waals surface area contributed by atoms with Gasteiger partial charge < -0.3 is 15.4 Å². The molecule has 2 N–H and O–H groups in total. The maximum atomic E-state index is 13.2. The van der Waals surface area contributed by atoms with Crippen LogP contribution in [0.5, 0.6) is 5.75 Å². The highest BCUT2D eigenvalue weighted by Crippen LogP contribution is 2.36. The van der Waals surface area contributed by atoms with Crippen molar-refractivity contribution in [3.8, 4) is 5.75 Å². The van der Waals surface area contributed by atoms with Crippen molar-refractivity contribution in [1.29, 1.82) is 0 Å². The molecule has 8 heteroatoms. The zero-order valence-electron chi connectivity index (χ0n) is 16.2. The number of methoxy groups -OCH3 is 1. The Morgan fingerprint density at radius 2 is 2.15 bits per heavy atom. The SMILES string of the molecule is COc1ccccc1NC(=O)C1=C(C)Nc2nc(SC)nn2C1CC(C)C. The minimum atomic E-state index is -0.177. The number of rotatable bonds is 6. The highest BCUT2D eigenvalue weighted by Gasteiger charge is 2.33. The first kappa shape index (κ1) is 19.3. The molecule has 27 heavy (non-hydrogen) atoms. The van der Waals surface area contributed by atoms with Crippen molar-refractivity contribution in [2.24, 2.45) is 5.92 Å². The molecule has 1 aromatic heterocycles. The monoisotopic (exact) mass is 387 g/mol. The van der Waals surface area contributed by atoms with Crippen LogP contribution in [0.2, 0.25) is 0 Å². The Hall–Kier alpha value is -2.48. The fourth-order valence-corrected chi connectivity index (χ4v) is 3.57. The van der Waals surface area contributed by atoms with Gasteiger partial charge >= 0.3 is 0 Å². The number of amides is 1. The number of carbonyl (C=O) groups is 1. The van der Waals surface area contributed by atoms with Crippen LogP contribution in [0, 0.1) is 5.92 Å². The number of thioether (sulfide) groups is 1. The van der Waals surface area contributed by atoms with Crippen molar-refractivity contribution in [2.45, 2.75) is 38.4 Å². The average molecular weight is 388 g/mol. The molecule has 0 bridgehead atoms. The number of carbonyl (C=O) groups excluding carboxylic acids is 1. The molecule has 0 spiro atoms. The van der Waals surface area contributed by atoms with Crippen molar-refractivity contribution in [2.75, 3.05) is 24.0 Å². The first-order valence-electron chi connectivity index (χ1n) is 8.87. The summed E-state index contributed by atoms with van der Waals surface area (Å²) in [6, 6.07) is 7.21. The number of fused-ring (bicyclic) bond motifs is 1. The first-order valence-corrected chi connectivity index (χ1v) is 10.1. The summed E-state index contributed by atoms with van der Waals surface area (Å²) >= 11 is 1.48. The number of hydrogen-bond acceptors (Lipinski definition) is 6. The van der Waals surface area contributed by atoms with Crippen LogP contribution in [0.1, 0.15) is 33.2 Å². The van der Waals surface area contributed by atoms with Crippen molar-refractivity contribution >= 4 is 29.3 Å². The summed E-state index contributed by atoms with van der Waals surface area (Å²) in [5, 5.41) is 11.5. The summed E-state index contributed by atoms with van der Waals surface area (Å²) in [5.41, 5.74) is 2.10. The lowest BCUT2D eigenvalue weighted by atomic mass is 9.94. The molecular weight excluding hydrogens is 362 g/mol. The van der Waals surface area contributed by atoms with Crippen LogP contribution < -0.4 is 15.4 Å². The average Bonchev–Trinajstić information content (AvgIpc) is 3.04. The summed E-state index contributed by atoms with van der Waals surface area (Å²) in [5.74, 6) is 1.53. The molecular formula is C19H25N5O2S. The molecule has 0 aliphatic carbocycles. The maximum Gasteiger partial charge on any atom is 0.255 e. The molecule has 1 atom stereocenters. The molecule has 144 valence electrons. The van der Waals surface area contributed by atoms with Crippen LogP contribution in [-0.4, -0.2) is 34.0 Å². The normalized spacial score (nSPS) is 16.1. The van der Waals surface area contributed by atoms with Gasteiger partial charge in [0.2, 0.25) is 11.1 Å². The van der Waals surface area contributed by atoms with Gasteiger partial charge in [-0.2, -0.15) is 4.98 Å². The van der Waals surface area contributed by atoms with E-state index in [2.05, 4.69) is 34.6 Å². The molecule has 0 fully saturated rings. The Kier molecular flexibility index (Phi) is 5.74. The van der Waals surface area contributed by atoms with Gasteiger partial charge in [-0.15, -0.1) is 5.10 Å².